The van der Waals surface area contributed by atoms with Crippen molar-refractivity contribution in [2.75, 3.05) is 19.8 Å². The molecule has 0 aromatic carbocycles. The van der Waals surface area contributed by atoms with Crippen molar-refractivity contribution in [3.05, 3.63) is 12.2 Å². The highest BCUT2D eigenvalue weighted by atomic mass is 16.5. The van der Waals surface area contributed by atoms with Crippen LogP contribution in [0.2, 0.25) is 0 Å². The quantitative estimate of drug-likeness (QED) is 0.473. The van der Waals surface area contributed by atoms with Crippen LogP contribution >= 0.6 is 0 Å². The number of nitrogens with one attached hydrogen (secondary N) is 1. The van der Waals surface area contributed by atoms with Gasteiger partial charge in [-0.2, -0.15) is 0 Å². The van der Waals surface area contributed by atoms with Crippen LogP contribution in [-0.4, -0.2) is 25.8 Å². The topological polar surface area (TPSA) is 21.3 Å². The van der Waals surface area contributed by atoms with Crippen LogP contribution in [0.1, 0.15) is 32.1 Å². The van der Waals surface area contributed by atoms with E-state index in [4.69, 9.17) is 4.74 Å². The summed E-state index contributed by atoms with van der Waals surface area (Å²) in [7, 11) is 0. The fraction of sp³-hybridized carbons (Fsp3) is 0.833. The average molecular weight is 195 g/mol. The number of rotatable bonds is 8. The van der Waals surface area contributed by atoms with Gasteiger partial charge in [0.2, 0.25) is 0 Å². The Morgan fingerprint density at radius 2 is 2.07 bits per heavy atom. The van der Waals surface area contributed by atoms with Crippen molar-refractivity contribution in [3.63, 3.8) is 0 Å². The fourth-order valence-electron chi connectivity index (χ4n) is 1.50. The maximum absolute atomic E-state index is 5.56. The molecule has 2 nitrogen and oxygen atoms in total. The van der Waals surface area contributed by atoms with Gasteiger partial charge in [0.1, 0.15) is 0 Å². The van der Waals surface area contributed by atoms with Crippen molar-refractivity contribution < 1.29 is 4.74 Å². The van der Waals surface area contributed by atoms with E-state index in [0.717, 1.165) is 31.7 Å². The molecule has 0 amide bonds. The highest BCUT2D eigenvalue weighted by Gasteiger charge is 2.21. The molecule has 2 saturated carbocycles. The summed E-state index contributed by atoms with van der Waals surface area (Å²) in [5.74, 6) is 0.979. The van der Waals surface area contributed by atoms with E-state index in [-0.39, 0.29) is 0 Å². The molecule has 0 unspecified atom stereocenters. The van der Waals surface area contributed by atoms with Crippen LogP contribution in [0.5, 0.6) is 0 Å². The summed E-state index contributed by atoms with van der Waals surface area (Å²) in [6.45, 7) is 6.60. The van der Waals surface area contributed by atoms with Crippen molar-refractivity contribution in [2.45, 2.75) is 38.1 Å². The van der Waals surface area contributed by atoms with Crippen molar-refractivity contribution in [1.82, 2.24) is 5.32 Å². The van der Waals surface area contributed by atoms with E-state index in [2.05, 4.69) is 11.9 Å². The first-order valence-corrected chi connectivity index (χ1v) is 5.82. The third-order valence-electron chi connectivity index (χ3n) is 2.89. The second kappa shape index (κ2) is 4.94. The third kappa shape index (κ3) is 4.25. The van der Waals surface area contributed by atoms with E-state index in [1.165, 1.54) is 37.7 Å². The Balaban J connectivity index is 1.40. The van der Waals surface area contributed by atoms with Gasteiger partial charge in [0.05, 0.1) is 6.61 Å². The summed E-state index contributed by atoms with van der Waals surface area (Å²) < 4.78 is 5.56. The minimum absolute atomic E-state index is 0.742. The van der Waals surface area contributed by atoms with E-state index in [9.17, 15) is 0 Å². The zero-order chi connectivity index (χ0) is 9.80. The minimum atomic E-state index is 0.742. The smallest absolute Gasteiger partial charge is 0.0686 e. The molecular weight excluding hydrogens is 174 g/mol. The molecule has 0 aromatic heterocycles. The Kier molecular flexibility index (Phi) is 3.60. The van der Waals surface area contributed by atoms with Crippen molar-refractivity contribution in [2.24, 2.45) is 5.92 Å². The first-order valence-electron chi connectivity index (χ1n) is 5.82. The van der Waals surface area contributed by atoms with Gasteiger partial charge in [-0.05, 0) is 30.8 Å². The zero-order valence-electron chi connectivity index (χ0n) is 8.93. The molecule has 0 saturated heterocycles. The molecule has 0 radical (unpaired) electrons. The van der Waals surface area contributed by atoms with Gasteiger partial charge in [-0.3, -0.25) is 0 Å². The lowest BCUT2D eigenvalue weighted by molar-refractivity contribution is 0.148. The van der Waals surface area contributed by atoms with Gasteiger partial charge in [0, 0.05) is 19.2 Å². The van der Waals surface area contributed by atoms with Gasteiger partial charge in [0.15, 0.2) is 0 Å². The molecule has 0 spiro atoms. The molecule has 1 N–H and O–H groups in total. The first kappa shape index (κ1) is 10.2. The second-order valence-electron chi connectivity index (χ2n) is 4.69. The van der Waals surface area contributed by atoms with Gasteiger partial charge in [-0.1, -0.05) is 19.4 Å². The predicted octanol–water partition coefficient (Wildman–Crippen LogP) is 2.11. The molecule has 14 heavy (non-hydrogen) atoms. The lowest BCUT2D eigenvalue weighted by atomic mass is 10.3. The van der Waals surface area contributed by atoms with Crippen LogP contribution in [0.3, 0.4) is 0 Å². The Bertz CT molecular complexity index is 194. The van der Waals surface area contributed by atoms with E-state index < -0.39 is 0 Å². The van der Waals surface area contributed by atoms with Gasteiger partial charge >= 0.3 is 0 Å². The van der Waals surface area contributed by atoms with Crippen LogP contribution in [0, 0.1) is 5.92 Å². The predicted molar refractivity (Wildman–Crippen MR) is 58.3 cm³/mol. The summed E-state index contributed by atoms with van der Waals surface area (Å²) in [5.41, 5.74) is 1.19. The van der Waals surface area contributed by atoms with Crippen molar-refractivity contribution >= 4 is 0 Å². The molecule has 2 aliphatic carbocycles. The highest BCUT2D eigenvalue weighted by molar-refractivity contribution is 4.99. The Labute approximate surface area is 86.7 Å². The monoisotopic (exact) mass is 195 g/mol. The highest BCUT2D eigenvalue weighted by Crippen LogP contribution is 2.32. The SMILES string of the molecule is C=C(CNC1CC1)COCCC1CC1. The lowest BCUT2D eigenvalue weighted by Gasteiger charge is -2.07. The lowest BCUT2D eigenvalue weighted by Crippen LogP contribution is -2.20. The maximum Gasteiger partial charge on any atom is 0.0686 e. The summed E-state index contributed by atoms with van der Waals surface area (Å²) in [4.78, 5) is 0. The molecule has 2 heteroatoms. The number of ether oxygens (including phenoxy) is 1. The zero-order valence-corrected chi connectivity index (χ0v) is 8.93. The number of hydrogen-bond donors (Lipinski definition) is 1. The van der Waals surface area contributed by atoms with Gasteiger partial charge in [-0.25, -0.2) is 0 Å². The molecule has 0 aliphatic heterocycles. The Morgan fingerprint density at radius 1 is 1.29 bits per heavy atom. The average Bonchev–Trinajstić information content (AvgIpc) is 3.02. The molecule has 0 atom stereocenters. The third-order valence-corrected chi connectivity index (χ3v) is 2.89. The molecule has 2 fully saturated rings. The standard InChI is InChI=1S/C12H21NO/c1-10(8-13-12-4-5-12)9-14-7-6-11-2-3-11/h11-13H,1-9H2. The molecule has 0 heterocycles. The molecule has 0 aromatic rings. The molecule has 2 rings (SSSR count). The van der Waals surface area contributed by atoms with Crippen molar-refractivity contribution in [1.29, 1.82) is 0 Å². The summed E-state index contributed by atoms with van der Waals surface area (Å²) in [6, 6.07) is 0.776. The normalized spacial score (nSPS) is 21.1. The second-order valence-corrected chi connectivity index (χ2v) is 4.69. The van der Waals surface area contributed by atoms with Crippen LogP contribution in [0.15, 0.2) is 12.2 Å². The minimum Gasteiger partial charge on any atom is -0.377 e. The van der Waals surface area contributed by atoms with Crippen LogP contribution < -0.4 is 5.32 Å². The van der Waals surface area contributed by atoms with E-state index in [1.54, 1.807) is 0 Å². The summed E-state index contributed by atoms with van der Waals surface area (Å²) in [5, 5.41) is 3.44. The Hall–Kier alpha value is -0.340. The molecule has 2 aliphatic rings. The maximum atomic E-state index is 5.56. The fourth-order valence-corrected chi connectivity index (χ4v) is 1.50. The van der Waals surface area contributed by atoms with E-state index in [0.29, 0.717) is 0 Å². The van der Waals surface area contributed by atoms with E-state index >= 15 is 0 Å². The molecular formula is C12H21NO. The molecule has 0 bridgehead atoms. The van der Waals surface area contributed by atoms with Gasteiger partial charge in [-0.15, -0.1) is 0 Å². The largest absolute Gasteiger partial charge is 0.377 e. The van der Waals surface area contributed by atoms with Crippen molar-refractivity contribution in [3.8, 4) is 0 Å². The summed E-state index contributed by atoms with van der Waals surface area (Å²) in [6.07, 6.45) is 6.79. The molecule has 80 valence electrons. The van der Waals surface area contributed by atoms with Crippen LogP contribution in [0.4, 0.5) is 0 Å². The Morgan fingerprint density at radius 3 is 2.71 bits per heavy atom. The van der Waals surface area contributed by atoms with Crippen LogP contribution in [-0.2, 0) is 4.74 Å². The van der Waals surface area contributed by atoms with Gasteiger partial charge < -0.3 is 10.1 Å². The first-order chi connectivity index (χ1) is 6.84. The van der Waals surface area contributed by atoms with Gasteiger partial charge in [0.25, 0.3) is 0 Å². The summed E-state index contributed by atoms with van der Waals surface area (Å²) >= 11 is 0. The van der Waals surface area contributed by atoms with Crippen LogP contribution in [0.25, 0.3) is 0 Å². The number of hydrogen-bond acceptors (Lipinski definition) is 2. The van der Waals surface area contributed by atoms with E-state index in [1.807, 2.05) is 0 Å².